The molecule has 0 atom stereocenters. The molecule has 0 fully saturated rings. The van der Waals surface area contributed by atoms with Crippen molar-refractivity contribution >= 4 is 5.97 Å². The van der Waals surface area contributed by atoms with Gasteiger partial charge in [-0.05, 0) is 12.8 Å². The van der Waals surface area contributed by atoms with E-state index in [1.807, 2.05) is 0 Å². The average Bonchev–Trinajstić information content (AvgIpc) is 2.33. The van der Waals surface area contributed by atoms with Gasteiger partial charge in [-0.2, -0.15) is 0 Å². The predicted octanol–water partition coefficient (Wildman–Crippen LogP) is 2.39. The summed E-state index contributed by atoms with van der Waals surface area (Å²) in [6.07, 6.45) is -0.0462. The van der Waals surface area contributed by atoms with Gasteiger partial charge in [0, 0.05) is 18.1 Å². The Balaban J connectivity index is 3.03. The molecule has 0 unspecified atom stereocenters. The highest BCUT2D eigenvalue weighted by atomic mass is 19.1. The summed E-state index contributed by atoms with van der Waals surface area (Å²) >= 11 is 0. The number of rotatable bonds is 6. The van der Waals surface area contributed by atoms with Gasteiger partial charge in [-0.3, -0.25) is 4.79 Å². The van der Waals surface area contributed by atoms with E-state index in [0.29, 0.717) is 0 Å². The topological polar surface area (TPSA) is 55.8 Å². The SMILES string of the molecule is COc1cc(OC)c(F)c(CCCC(=O)O)c1F. The number of hydrogen-bond donors (Lipinski definition) is 1. The summed E-state index contributed by atoms with van der Waals surface area (Å²) in [5.41, 5.74) is -0.215. The molecule has 0 spiro atoms. The molecular formula is C12H14F2O4. The molecule has 0 saturated heterocycles. The minimum Gasteiger partial charge on any atom is -0.494 e. The highest BCUT2D eigenvalue weighted by Crippen LogP contribution is 2.32. The standard InChI is InChI=1S/C12H14F2O4/c1-17-8-6-9(18-2)12(14)7(11(8)13)4-3-5-10(15)16/h6H,3-5H2,1-2H3,(H,15,16). The Morgan fingerprint density at radius 3 is 2.11 bits per heavy atom. The van der Waals surface area contributed by atoms with Crippen molar-refractivity contribution in [1.82, 2.24) is 0 Å². The zero-order valence-corrected chi connectivity index (χ0v) is 10.1. The number of carboxylic acid groups (broad SMARTS) is 1. The summed E-state index contributed by atoms with van der Waals surface area (Å²) in [5, 5.41) is 8.49. The van der Waals surface area contributed by atoms with Crippen LogP contribution in [0.25, 0.3) is 0 Å². The molecule has 0 aliphatic carbocycles. The van der Waals surface area contributed by atoms with E-state index < -0.39 is 17.6 Å². The fourth-order valence-electron chi connectivity index (χ4n) is 1.57. The zero-order chi connectivity index (χ0) is 13.7. The molecule has 0 aromatic heterocycles. The van der Waals surface area contributed by atoms with Crippen LogP contribution in [0.5, 0.6) is 11.5 Å². The fourth-order valence-corrected chi connectivity index (χ4v) is 1.57. The van der Waals surface area contributed by atoms with Gasteiger partial charge in [-0.25, -0.2) is 8.78 Å². The van der Waals surface area contributed by atoms with Crippen LogP contribution in [-0.4, -0.2) is 25.3 Å². The Bertz CT molecular complexity index is 418. The molecule has 0 aliphatic rings. The summed E-state index contributed by atoms with van der Waals surface area (Å²) < 4.78 is 37.2. The van der Waals surface area contributed by atoms with Crippen molar-refractivity contribution in [2.75, 3.05) is 14.2 Å². The highest BCUT2D eigenvalue weighted by Gasteiger charge is 2.19. The second-order valence-corrected chi connectivity index (χ2v) is 3.63. The first-order chi connectivity index (χ1) is 8.51. The van der Waals surface area contributed by atoms with Crippen LogP contribution in [0, 0.1) is 11.6 Å². The zero-order valence-electron chi connectivity index (χ0n) is 10.1. The van der Waals surface area contributed by atoms with E-state index in [-0.39, 0.29) is 36.3 Å². The summed E-state index contributed by atoms with van der Waals surface area (Å²) in [5.74, 6) is -2.90. The lowest BCUT2D eigenvalue weighted by atomic mass is 10.1. The quantitative estimate of drug-likeness (QED) is 0.853. The van der Waals surface area contributed by atoms with Crippen LogP contribution in [0.4, 0.5) is 8.78 Å². The normalized spacial score (nSPS) is 10.2. The van der Waals surface area contributed by atoms with Gasteiger partial charge in [-0.1, -0.05) is 0 Å². The van der Waals surface area contributed by atoms with E-state index in [2.05, 4.69) is 0 Å². The van der Waals surface area contributed by atoms with E-state index in [0.717, 1.165) is 6.07 Å². The number of ether oxygens (including phenoxy) is 2. The lowest BCUT2D eigenvalue weighted by Gasteiger charge is -2.12. The highest BCUT2D eigenvalue weighted by molar-refractivity contribution is 5.66. The number of aliphatic carboxylic acids is 1. The molecule has 4 nitrogen and oxygen atoms in total. The molecule has 0 saturated carbocycles. The number of carbonyl (C=O) groups is 1. The van der Waals surface area contributed by atoms with E-state index in [1.54, 1.807) is 0 Å². The number of carboxylic acids is 1. The van der Waals surface area contributed by atoms with E-state index in [9.17, 15) is 13.6 Å². The maximum atomic E-state index is 13.8. The van der Waals surface area contributed by atoms with Crippen LogP contribution in [0.3, 0.4) is 0 Å². The molecule has 0 heterocycles. The third kappa shape index (κ3) is 3.09. The van der Waals surface area contributed by atoms with E-state index in [1.165, 1.54) is 14.2 Å². The number of hydrogen-bond acceptors (Lipinski definition) is 3. The van der Waals surface area contributed by atoms with Gasteiger partial charge >= 0.3 is 5.97 Å². The van der Waals surface area contributed by atoms with Crippen LogP contribution < -0.4 is 9.47 Å². The van der Waals surface area contributed by atoms with Crippen molar-refractivity contribution in [1.29, 1.82) is 0 Å². The number of benzene rings is 1. The summed E-state index contributed by atoms with van der Waals surface area (Å²) in [4.78, 5) is 10.4. The Hall–Kier alpha value is -1.85. The molecule has 1 rings (SSSR count). The van der Waals surface area contributed by atoms with Crippen molar-refractivity contribution < 1.29 is 28.2 Å². The summed E-state index contributed by atoms with van der Waals surface area (Å²) in [6.45, 7) is 0. The van der Waals surface area contributed by atoms with Gasteiger partial charge in [0.25, 0.3) is 0 Å². The number of halogens is 2. The van der Waals surface area contributed by atoms with E-state index in [4.69, 9.17) is 14.6 Å². The summed E-state index contributed by atoms with van der Waals surface area (Å²) in [7, 11) is 2.52. The minimum atomic E-state index is -1.01. The smallest absolute Gasteiger partial charge is 0.303 e. The van der Waals surface area contributed by atoms with Gasteiger partial charge in [-0.15, -0.1) is 0 Å². The molecule has 0 amide bonds. The Labute approximate surface area is 103 Å². The molecule has 0 aliphatic heterocycles. The first-order valence-corrected chi connectivity index (χ1v) is 5.31. The molecule has 0 bridgehead atoms. The maximum absolute atomic E-state index is 13.8. The van der Waals surface area contributed by atoms with Crippen LogP contribution in [0.15, 0.2) is 6.07 Å². The molecular weight excluding hydrogens is 246 g/mol. The van der Waals surface area contributed by atoms with E-state index >= 15 is 0 Å². The molecule has 1 aromatic rings. The molecule has 1 aromatic carbocycles. The van der Waals surface area contributed by atoms with Gasteiger partial charge in [0.05, 0.1) is 14.2 Å². The van der Waals surface area contributed by atoms with Crippen molar-refractivity contribution in [3.63, 3.8) is 0 Å². The van der Waals surface area contributed by atoms with Crippen molar-refractivity contribution in [3.05, 3.63) is 23.3 Å². The third-order valence-corrected chi connectivity index (χ3v) is 2.48. The van der Waals surface area contributed by atoms with Crippen LogP contribution in [0.2, 0.25) is 0 Å². The minimum absolute atomic E-state index is 0.0302. The Morgan fingerprint density at radius 1 is 1.22 bits per heavy atom. The molecule has 100 valence electrons. The summed E-state index contributed by atoms with van der Waals surface area (Å²) in [6, 6.07) is 1.12. The first-order valence-electron chi connectivity index (χ1n) is 5.31. The molecule has 18 heavy (non-hydrogen) atoms. The molecule has 6 heteroatoms. The Morgan fingerprint density at radius 2 is 1.72 bits per heavy atom. The van der Waals surface area contributed by atoms with Crippen molar-refractivity contribution in [3.8, 4) is 11.5 Å². The van der Waals surface area contributed by atoms with Gasteiger partial charge in [0.15, 0.2) is 23.1 Å². The van der Waals surface area contributed by atoms with Crippen LogP contribution >= 0.6 is 0 Å². The van der Waals surface area contributed by atoms with Crippen molar-refractivity contribution in [2.45, 2.75) is 19.3 Å². The first kappa shape index (κ1) is 14.2. The second kappa shape index (κ2) is 6.18. The van der Waals surface area contributed by atoms with Crippen molar-refractivity contribution in [2.24, 2.45) is 0 Å². The van der Waals surface area contributed by atoms with Gasteiger partial charge in [0.2, 0.25) is 0 Å². The molecule has 0 radical (unpaired) electrons. The number of methoxy groups -OCH3 is 2. The Kier molecular flexibility index (Phi) is 4.88. The van der Waals surface area contributed by atoms with Gasteiger partial charge in [0.1, 0.15) is 0 Å². The van der Waals surface area contributed by atoms with Gasteiger partial charge < -0.3 is 14.6 Å². The monoisotopic (exact) mass is 260 g/mol. The lowest BCUT2D eigenvalue weighted by molar-refractivity contribution is -0.137. The second-order valence-electron chi connectivity index (χ2n) is 3.63. The fraction of sp³-hybridized carbons (Fsp3) is 0.417. The average molecular weight is 260 g/mol. The molecule has 1 N–H and O–H groups in total. The van der Waals surface area contributed by atoms with Crippen LogP contribution in [0.1, 0.15) is 18.4 Å². The predicted molar refractivity (Wildman–Crippen MR) is 60.0 cm³/mol. The third-order valence-electron chi connectivity index (χ3n) is 2.48. The largest absolute Gasteiger partial charge is 0.494 e. The van der Waals surface area contributed by atoms with Crippen LogP contribution in [-0.2, 0) is 11.2 Å². The lowest BCUT2D eigenvalue weighted by Crippen LogP contribution is -2.04. The maximum Gasteiger partial charge on any atom is 0.303 e.